The summed E-state index contributed by atoms with van der Waals surface area (Å²) in [4.78, 5) is 28.3. The van der Waals surface area contributed by atoms with Gasteiger partial charge in [0.15, 0.2) is 5.52 Å². The molecule has 0 aliphatic heterocycles. The first-order chi connectivity index (χ1) is 9.13. The van der Waals surface area contributed by atoms with Crippen molar-refractivity contribution in [1.82, 2.24) is 19.8 Å². The second kappa shape index (κ2) is 3.91. The predicted octanol–water partition coefficient (Wildman–Crippen LogP) is -0.640. The average Bonchev–Trinajstić information content (AvgIpc) is 2.73. The van der Waals surface area contributed by atoms with Crippen molar-refractivity contribution in [1.29, 1.82) is 0 Å². The number of nitrogens with zero attached hydrogens (tertiary/aromatic N) is 3. The molecule has 3 aromatic rings. The summed E-state index contributed by atoms with van der Waals surface area (Å²) in [5.74, 6) is -0.335. The van der Waals surface area contributed by atoms with E-state index in [1.807, 2.05) is 12.1 Å². The van der Waals surface area contributed by atoms with Crippen molar-refractivity contribution in [2.24, 2.45) is 7.05 Å². The number of aromatic nitrogens is 4. The van der Waals surface area contributed by atoms with Crippen molar-refractivity contribution in [3.05, 3.63) is 40.4 Å². The molecule has 0 saturated heterocycles. The highest BCUT2D eigenvalue weighted by molar-refractivity contribution is 5.99. The smallest absolute Gasteiger partial charge is 0.353 e. The molecule has 0 radical (unpaired) electrons. The lowest BCUT2D eigenvalue weighted by atomic mass is 10.2. The Morgan fingerprint density at radius 3 is 2.89 bits per heavy atom. The molecule has 0 unspecified atom stereocenters. The lowest BCUT2D eigenvalue weighted by molar-refractivity contribution is -0.704. The number of carbonyl (C=O) groups excluding carboxylic acids is 1. The van der Waals surface area contributed by atoms with E-state index in [1.165, 1.54) is 16.1 Å². The molecule has 19 heavy (non-hydrogen) atoms. The highest BCUT2D eigenvalue weighted by Crippen LogP contribution is 2.13. The highest BCUT2D eigenvalue weighted by atomic mass is 16.2. The van der Waals surface area contributed by atoms with Crippen LogP contribution in [0.15, 0.2) is 29.1 Å². The van der Waals surface area contributed by atoms with Gasteiger partial charge in [-0.25, -0.2) is 9.78 Å². The third kappa shape index (κ3) is 1.51. The van der Waals surface area contributed by atoms with E-state index in [-0.39, 0.29) is 17.3 Å². The number of benzene rings is 1. The van der Waals surface area contributed by atoms with Gasteiger partial charge in [-0.05, 0) is 12.1 Å². The minimum atomic E-state index is -0.335. The van der Waals surface area contributed by atoms with Crippen LogP contribution in [-0.4, -0.2) is 27.4 Å². The summed E-state index contributed by atoms with van der Waals surface area (Å²) in [6.45, 7) is 0. The molecular formula is C12H12N5O2+. The Hall–Kier alpha value is -2.70. The van der Waals surface area contributed by atoms with Gasteiger partial charge in [0.25, 0.3) is 5.91 Å². The van der Waals surface area contributed by atoms with Crippen molar-refractivity contribution >= 4 is 22.6 Å². The molecular weight excluding hydrogens is 246 g/mol. The highest BCUT2D eigenvalue weighted by Gasteiger charge is 2.25. The number of nitrogens with one attached hydrogen (secondary N) is 2. The van der Waals surface area contributed by atoms with Gasteiger partial charge in [0.1, 0.15) is 12.6 Å². The number of hydrogen-bond acceptors (Lipinski definition) is 3. The number of H-pyrrole nitrogens is 1. The van der Waals surface area contributed by atoms with Crippen LogP contribution in [-0.2, 0) is 7.05 Å². The zero-order chi connectivity index (χ0) is 13.6. The lowest BCUT2D eigenvalue weighted by Crippen LogP contribution is -2.35. The number of para-hydroxylation sites is 2. The molecule has 0 bridgehead atoms. The quantitative estimate of drug-likeness (QED) is 0.569. The maximum absolute atomic E-state index is 12.0. The van der Waals surface area contributed by atoms with E-state index in [2.05, 4.69) is 15.4 Å². The van der Waals surface area contributed by atoms with Gasteiger partial charge in [-0.15, -0.1) is 4.40 Å². The number of aryl methyl sites for hydroxylation is 1. The number of hydrogen-bond donors (Lipinski definition) is 2. The lowest BCUT2D eigenvalue weighted by Gasteiger charge is -2.01. The Bertz CT molecular complexity index is 862. The van der Waals surface area contributed by atoms with Crippen LogP contribution in [0.1, 0.15) is 10.5 Å². The van der Waals surface area contributed by atoms with Crippen molar-refractivity contribution in [3.8, 4) is 0 Å². The minimum Gasteiger partial charge on any atom is -0.353 e. The Labute approximate surface area is 107 Å². The number of carbonyl (C=O) groups is 1. The third-order valence-corrected chi connectivity index (χ3v) is 3.00. The van der Waals surface area contributed by atoms with Gasteiger partial charge in [-0.2, -0.15) is 9.78 Å². The van der Waals surface area contributed by atoms with Gasteiger partial charge in [0.2, 0.25) is 5.69 Å². The SMILES string of the molecule is CNC(=O)c1nc2ccccc2n2c(=O)[nH][n+](C)c12. The molecule has 1 aromatic carbocycles. The number of fused-ring (bicyclic) bond motifs is 3. The van der Waals surface area contributed by atoms with Crippen LogP contribution in [0.25, 0.3) is 16.7 Å². The Morgan fingerprint density at radius 2 is 2.16 bits per heavy atom. The monoisotopic (exact) mass is 258 g/mol. The molecule has 0 atom stereocenters. The van der Waals surface area contributed by atoms with Gasteiger partial charge in [-0.3, -0.25) is 4.79 Å². The minimum absolute atomic E-state index is 0.210. The molecule has 2 aromatic heterocycles. The van der Waals surface area contributed by atoms with Crippen LogP contribution < -0.4 is 15.7 Å². The zero-order valence-corrected chi connectivity index (χ0v) is 10.5. The first kappa shape index (κ1) is 11.4. The molecule has 2 heterocycles. The molecule has 3 rings (SSSR count). The van der Waals surface area contributed by atoms with Crippen LogP contribution >= 0.6 is 0 Å². The largest absolute Gasteiger partial charge is 0.449 e. The van der Waals surface area contributed by atoms with Crippen molar-refractivity contribution in [2.75, 3.05) is 7.05 Å². The van der Waals surface area contributed by atoms with Gasteiger partial charge in [0, 0.05) is 7.05 Å². The summed E-state index contributed by atoms with van der Waals surface area (Å²) < 4.78 is 2.94. The van der Waals surface area contributed by atoms with E-state index in [0.29, 0.717) is 16.7 Å². The molecule has 1 amide bonds. The van der Waals surface area contributed by atoms with E-state index in [0.717, 1.165) is 0 Å². The van der Waals surface area contributed by atoms with E-state index < -0.39 is 0 Å². The average molecular weight is 258 g/mol. The second-order valence-electron chi connectivity index (χ2n) is 4.16. The molecule has 0 aliphatic carbocycles. The van der Waals surface area contributed by atoms with E-state index in [9.17, 15) is 9.59 Å². The van der Waals surface area contributed by atoms with Gasteiger partial charge in [-0.1, -0.05) is 12.1 Å². The summed E-state index contributed by atoms with van der Waals surface area (Å²) >= 11 is 0. The number of amides is 1. The summed E-state index contributed by atoms with van der Waals surface area (Å²) in [6.07, 6.45) is 0. The molecule has 0 aliphatic rings. The van der Waals surface area contributed by atoms with Crippen molar-refractivity contribution in [3.63, 3.8) is 0 Å². The fourth-order valence-electron chi connectivity index (χ4n) is 2.17. The first-order valence-corrected chi connectivity index (χ1v) is 5.75. The molecule has 0 fully saturated rings. The van der Waals surface area contributed by atoms with Gasteiger partial charge >= 0.3 is 11.3 Å². The Balaban J connectivity index is 2.61. The summed E-state index contributed by atoms with van der Waals surface area (Å²) in [5.41, 5.74) is 1.59. The summed E-state index contributed by atoms with van der Waals surface area (Å²) in [7, 11) is 3.19. The number of aromatic amines is 1. The van der Waals surface area contributed by atoms with Crippen LogP contribution in [0.2, 0.25) is 0 Å². The van der Waals surface area contributed by atoms with E-state index in [1.54, 1.807) is 19.2 Å². The predicted molar refractivity (Wildman–Crippen MR) is 67.9 cm³/mol. The zero-order valence-electron chi connectivity index (χ0n) is 10.5. The van der Waals surface area contributed by atoms with Crippen LogP contribution in [0.4, 0.5) is 0 Å². The topological polar surface area (TPSA) is 83.1 Å². The van der Waals surface area contributed by atoms with Crippen molar-refractivity contribution < 1.29 is 9.48 Å². The molecule has 96 valence electrons. The summed E-state index contributed by atoms with van der Waals surface area (Å²) in [6, 6.07) is 7.19. The maximum atomic E-state index is 12.0. The van der Waals surface area contributed by atoms with E-state index in [4.69, 9.17) is 0 Å². The fourth-order valence-corrected chi connectivity index (χ4v) is 2.17. The van der Waals surface area contributed by atoms with Crippen LogP contribution in [0.3, 0.4) is 0 Å². The maximum Gasteiger partial charge on any atom is 0.449 e. The van der Waals surface area contributed by atoms with Gasteiger partial charge < -0.3 is 5.32 Å². The molecule has 0 spiro atoms. The molecule has 2 N–H and O–H groups in total. The summed E-state index contributed by atoms with van der Waals surface area (Å²) in [5, 5.41) is 5.16. The Kier molecular flexibility index (Phi) is 2.34. The molecule has 7 heteroatoms. The standard InChI is InChI=1S/C12H11N5O2/c1-13-10(18)9-11-16(2)15-12(19)17(11)8-6-4-3-5-7(8)14-9/h3-6H,1-2H3,(H-,13,14,15,18,19)/p+1. The third-order valence-electron chi connectivity index (χ3n) is 3.00. The van der Waals surface area contributed by atoms with E-state index >= 15 is 0 Å². The normalized spacial score (nSPS) is 11.1. The Morgan fingerprint density at radius 1 is 1.42 bits per heavy atom. The first-order valence-electron chi connectivity index (χ1n) is 5.75. The molecule has 7 nitrogen and oxygen atoms in total. The second-order valence-corrected chi connectivity index (χ2v) is 4.16. The van der Waals surface area contributed by atoms with Crippen LogP contribution in [0.5, 0.6) is 0 Å². The fraction of sp³-hybridized carbons (Fsp3) is 0.167. The van der Waals surface area contributed by atoms with Gasteiger partial charge in [0.05, 0.1) is 0 Å². The molecule has 0 saturated carbocycles. The number of rotatable bonds is 1. The van der Waals surface area contributed by atoms with Crippen molar-refractivity contribution in [2.45, 2.75) is 0 Å². The van der Waals surface area contributed by atoms with Crippen LogP contribution in [0, 0.1) is 0 Å².